The fourth-order valence-corrected chi connectivity index (χ4v) is 4.29. The highest BCUT2D eigenvalue weighted by molar-refractivity contribution is 7.92. The van der Waals surface area contributed by atoms with Crippen LogP contribution < -0.4 is 14.4 Å². The first-order valence-corrected chi connectivity index (χ1v) is 13.0. The van der Waals surface area contributed by atoms with Crippen LogP contribution in [0.5, 0.6) is 5.75 Å². The van der Waals surface area contributed by atoms with E-state index in [0.29, 0.717) is 11.3 Å². The summed E-state index contributed by atoms with van der Waals surface area (Å²) in [5.41, 5.74) is 0.170. The third kappa shape index (κ3) is 8.10. The number of hydrogen-bond acceptors (Lipinski definition) is 5. The molecule has 0 bridgehead atoms. The van der Waals surface area contributed by atoms with Crippen molar-refractivity contribution in [2.45, 2.75) is 45.8 Å². The lowest BCUT2D eigenvalue weighted by atomic mass is 10.1. The molecule has 0 aliphatic rings. The molecule has 0 heterocycles. The first kappa shape index (κ1) is 28.4. The highest BCUT2D eigenvalue weighted by Gasteiger charge is 2.31. The molecule has 2 aromatic carbocycles. The summed E-state index contributed by atoms with van der Waals surface area (Å²) in [5.74, 6) is -1.18. The zero-order valence-corrected chi connectivity index (χ0v) is 22.2. The maximum atomic E-state index is 13.7. The van der Waals surface area contributed by atoms with Gasteiger partial charge in [-0.2, -0.15) is 0 Å². The van der Waals surface area contributed by atoms with Crippen LogP contribution in [0.2, 0.25) is 5.02 Å². The van der Waals surface area contributed by atoms with E-state index in [1.807, 2.05) is 20.8 Å². The third-order valence-electron chi connectivity index (χ3n) is 5.02. The quantitative estimate of drug-likeness (QED) is 0.537. The molecule has 1 unspecified atom stereocenters. The Morgan fingerprint density at radius 3 is 2.37 bits per heavy atom. The Hall–Kier alpha value is -2.85. The van der Waals surface area contributed by atoms with Gasteiger partial charge in [0.15, 0.2) is 0 Å². The van der Waals surface area contributed by atoms with Gasteiger partial charge in [-0.1, -0.05) is 23.7 Å². The van der Waals surface area contributed by atoms with Crippen molar-refractivity contribution in [3.63, 3.8) is 0 Å². The number of sulfonamides is 1. The number of nitrogens with zero attached hydrogens (tertiary/aromatic N) is 2. The molecule has 2 amide bonds. The van der Waals surface area contributed by atoms with E-state index in [0.717, 1.165) is 22.7 Å². The van der Waals surface area contributed by atoms with Gasteiger partial charge in [-0.05, 0) is 63.6 Å². The molecule has 2 rings (SSSR count). The zero-order valence-electron chi connectivity index (χ0n) is 20.6. The predicted molar refractivity (Wildman–Crippen MR) is 135 cm³/mol. The van der Waals surface area contributed by atoms with E-state index < -0.39 is 45.8 Å². The number of amides is 2. The molecule has 1 atom stereocenters. The van der Waals surface area contributed by atoms with Crippen molar-refractivity contribution in [2.24, 2.45) is 0 Å². The van der Waals surface area contributed by atoms with Crippen molar-refractivity contribution in [1.82, 2.24) is 10.2 Å². The van der Waals surface area contributed by atoms with E-state index in [-0.39, 0.29) is 17.3 Å². The molecular weight excluding hydrogens is 497 g/mol. The van der Waals surface area contributed by atoms with Crippen LogP contribution in [0.15, 0.2) is 42.5 Å². The van der Waals surface area contributed by atoms with Crippen LogP contribution in [0, 0.1) is 5.82 Å². The fourth-order valence-electron chi connectivity index (χ4n) is 3.28. The van der Waals surface area contributed by atoms with Gasteiger partial charge < -0.3 is 15.0 Å². The molecule has 0 aromatic heterocycles. The molecule has 0 fully saturated rings. The van der Waals surface area contributed by atoms with Gasteiger partial charge in [0, 0.05) is 12.1 Å². The van der Waals surface area contributed by atoms with Crippen LogP contribution in [0.25, 0.3) is 0 Å². The summed E-state index contributed by atoms with van der Waals surface area (Å²) in [6.07, 6.45) is 0.930. The van der Waals surface area contributed by atoms with Gasteiger partial charge >= 0.3 is 0 Å². The molecule has 0 saturated heterocycles. The monoisotopic (exact) mass is 527 g/mol. The summed E-state index contributed by atoms with van der Waals surface area (Å²) in [6, 6.07) is 9.44. The molecule has 1 N–H and O–H groups in total. The van der Waals surface area contributed by atoms with E-state index in [9.17, 15) is 22.4 Å². The third-order valence-corrected chi connectivity index (χ3v) is 6.45. The second-order valence-electron chi connectivity index (χ2n) is 9.16. The molecule has 8 nitrogen and oxygen atoms in total. The highest BCUT2D eigenvalue weighted by atomic mass is 35.5. The predicted octanol–water partition coefficient (Wildman–Crippen LogP) is 3.59. The van der Waals surface area contributed by atoms with Gasteiger partial charge in [-0.25, -0.2) is 12.8 Å². The molecule has 35 heavy (non-hydrogen) atoms. The minimum absolute atomic E-state index is 0.0243. The molecule has 0 aliphatic carbocycles. The number of nitrogens with one attached hydrogen (secondary N) is 1. The largest absolute Gasteiger partial charge is 0.497 e. The van der Waals surface area contributed by atoms with E-state index >= 15 is 0 Å². The molecule has 0 spiro atoms. The molecule has 192 valence electrons. The van der Waals surface area contributed by atoms with Gasteiger partial charge in [-0.15, -0.1) is 0 Å². The van der Waals surface area contributed by atoms with Gasteiger partial charge in [-0.3, -0.25) is 13.9 Å². The summed E-state index contributed by atoms with van der Waals surface area (Å²) in [7, 11) is -2.44. The lowest BCUT2D eigenvalue weighted by Crippen LogP contribution is -2.54. The summed E-state index contributed by atoms with van der Waals surface area (Å²) < 4.78 is 44.8. The van der Waals surface area contributed by atoms with Gasteiger partial charge in [0.1, 0.15) is 24.2 Å². The lowest BCUT2D eigenvalue weighted by Gasteiger charge is -2.33. The molecular formula is C24H31ClFN3O5S. The second kappa shape index (κ2) is 11.3. The van der Waals surface area contributed by atoms with E-state index in [1.54, 1.807) is 31.2 Å². The maximum Gasteiger partial charge on any atom is 0.244 e. The second-order valence-corrected chi connectivity index (χ2v) is 11.5. The number of methoxy groups -OCH3 is 1. The molecule has 0 saturated carbocycles. The van der Waals surface area contributed by atoms with Crippen LogP contribution in [-0.2, 0) is 26.2 Å². The number of carbonyl (C=O) groups excluding carboxylic acids is 2. The average molecular weight is 528 g/mol. The van der Waals surface area contributed by atoms with Crippen molar-refractivity contribution in [3.05, 3.63) is 58.9 Å². The Labute approximate surface area is 211 Å². The van der Waals surface area contributed by atoms with Crippen molar-refractivity contribution < 1.29 is 27.1 Å². The van der Waals surface area contributed by atoms with E-state index in [4.69, 9.17) is 16.3 Å². The number of rotatable bonds is 9. The van der Waals surface area contributed by atoms with Crippen molar-refractivity contribution in [3.8, 4) is 5.75 Å². The average Bonchev–Trinajstić information content (AvgIpc) is 2.75. The van der Waals surface area contributed by atoms with Crippen molar-refractivity contribution >= 4 is 39.1 Å². The van der Waals surface area contributed by atoms with Crippen LogP contribution >= 0.6 is 11.6 Å². The summed E-state index contributed by atoms with van der Waals surface area (Å²) in [4.78, 5) is 27.7. The zero-order chi connectivity index (χ0) is 26.6. The smallest absolute Gasteiger partial charge is 0.244 e. The van der Waals surface area contributed by atoms with Crippen LogP contribution in [0.3, 0.4) is 0 Å². The van der Waals surface area contributed by atoms with Gasteiger partial charge in [0.05, 0.1) is 24.1 Å². The number of ether oxygens (including phenoxy) is 1. The standard InChI is InChI=1S/C24H31ClFN3O5S/c1-16(23(31)27-24(2,3)4)28(14-17-8-7-9-19(12-17)34-5)22(30)15-29(35(6,32)33)18-10-11-21(26)20(25)13-18/h7-13,16H,14-15H2,1-6H3,(H,27,31). The molecule has 0 aliphatic heterocycles. The SMILES string of the molecule is COc1cccc(CN(C(=O)CN(c2ccc(F)c(Cl)c2)S(C)(=O)=O)C(C)C(=O)NC(C)(C)C)c1. The minimum atomic E-state index is -3.95. The molecule has 0 radical (unpaired) electrons. The number of anilines is 1. The Morgan fingerprint density at radius 2 is 1.83 bits per heavy atom. The fraction of sp³-hybridized carbons (Fsp3) is 0.417. The molecule has 2 aromatic rings. The minimum Gasteiger partial charge on any atom is -0.497 e. The number of benzene rings is 2. The normalized spacial score (nSPS) is 12.6. The van der Waals surface area contributed by atoms with Crippen LogP contribution in [0.1, 0.15) is 33.3 Å². The Balaban J connectivity index is 2.44. The summed E-state index contributed by atoms with van der Waals surface area (Å²) >= 11 is 5.84. The summed E-state index contributed by atoms with van der Waals surface area (Å²) in [6.45, 7) is 6.42. The maximum absolute atomic E-state index is 13.7. The number of hydrogen-bond donors (Lipinski definition) is 1. The lowest BCUT2D eigenvalue weighted by molar-refractivity contribution is -0.140. The first-order valence-electron chi connectivity index (χ1n) is 10.8. The van der Waals surface area contributed by atoms with Crippen molar-refractivity contribution in [2.75, 3.05) is 24.2 Å². The first-order chi connectivity index (χ1) is 16.1. The molecule has 11 heteroatoms. The Morgan fingerprint density at radius 1 is 1.17 bits per heavy atom. The van der Waals surface area contributed by atoms with Crippen LogP contribution in [0.4, 0.5) is 10.1 Å². The Bertz CT molecular complexity index is 1180. The van der Waals surface area contributed by atoms with E-state index in [1.165, 1.54) is 18.1 Å². The number of carbonyl (C=O) groups is 2. The summed E-state index contributed by atoms with van der Waals surface area (Å²) in [5, 5.41) is 2.56. The van der Waals surface area contributed by atoms with Crippen molar-refractivity contribution in [1.29, 1.82) is 0 Å². The number of halogens is 2. The topological polar surface area (TPSA) is 96.0 Å². The van der Waals surface area contributed by atoms with Gasteiger partial charge in [0.2, 0.25) is 21.8 Å². The highest BCUT2D eigenvalue weighted by Crippen LogP contribution is 2.25. The van der Waals surface area contributed by atoms with Gasteiger partial charge in [0.25, 0.3) is 0 Å². The Kier molecular flexibility index (Phi) is 9.13. The van der Waals surface area contributed by atoms with E-state index in [2.05, 4.69) is 5.32 Å². The van der Waals surface area contributed by atoms with Crippen LogP contribution in [-0.4, -0.2) is 56.6 Å².